The molecule has 2 aromatic heterocycles. The number of nitrogens with two attached hydrogens (primary N) is 1. The van der Waals surface area contributed by atoms with E-state index in [-0.39, 0.29) is 11.1 Å². The van der Waals surface area contributed by atoms with E-state index in [9.17, 15) is 4.79 Å². The average Bonchev–Trinajstić information content (AvgIpc) is 2.77. The van der Waals surface area contributed by atoms with Gasteiger partial charge in [0.2, 0.25) is 0 Å². The highest BCUT2D eigenvalue weighted by atomic mass is 35.5. The lowest BCUT2D eigenvalue weighted by molar-refractivity contribution is 0.0785. The average molecular weight is 280 g/mol. The number of carbonyl (C=O) groups excluding carboxylic acids is 1. The Labute approximate surface area is 115 Å². The fourth-order valence-electron chi connectivity index (χ4n) is 1.72. The fraction of sp³-hybridized carbons (Fsp3) is 0.250. The zero-order chi connectivity index (χ0) is 14.0. The number of pyridine rings is 1. The summed E-state index contributed by atoms with van der Waals surface area (Å²) in [5, 5.41) is 4.20. The molecule has 0 bridgehead atoms. The second kappa shape index (κ2) is 5.27. The molecule has 0 fully saturated rings. The quantitative estimate of drug-likeness (QED) is 0.860. The van der Waals surface area contributed by atoms with E-state index in [1.165, 1.54) is 12.3 Å². The molecule has 7 heteroatoms. The molecule has 0 unspecified atom stereocenters. The number of nitrogens with zero attached hydrogens (tertiary/aromatic N) is 4. The van der Waals surface area contributed by atoms with Gasteiger partial charge in [0.15, 0.2) is 0 Å². The van der Waals surface area contributed by atoms with Crippen LogP contribution in [-0.4, -0.2) is 32.6 Å². The van der Waals surface area contributed by atoms with Crippen molar-refractivity contribution >= 4 is 23.2 Å². The second-order valence-corrected chi connectivity index (χ2v) is 4.65. The Kier molecular flexibility index (Phi) is 3.71. The summed E-state index contributed by atoms with van der Waals surface area (Å²) in [5.41, 5.74) is 7.26. The molecule has 0 aromatic carbocycles. The number of nitrogen functional groups attached to an aromatic ring is 1. The molecule has 0 atom stereocenters. The van der Waals surface area contributed by atoms with Crippen molar-refractivity contribution in [1.82, 2.24) is 19.7 Å². The molecule has 2 rings (SSSR count). The van der Waals surface area contributed by atoms with E-state index in [1.54, 1.807) is 22.8 Å². The van der Waals surface area contributed by atoms with Gasteiger partial charge in [-0.25, -0.2) is 4.98 Å². The maximum absolute atomic E-state index is 12.2. The number of carbonyl (C=O) groups is 1. The number of rotatable bonds is 3. The van der Waals surface area contributed by atoms with Gasteiger partial charge in [-0.1, -0.05) is 11.6 Å². The van der Waals surface area contributed by atoms with Gasteiger partial charge in [0.25, 0.3) is 5.91 Å². The van der Waals surface area contributed by atoms with Crippen LogP contribution in [-0.2, 0) is 13.6 Å². The predicted molar refractivity (Wildman–Crippen MR) is 72.7 cm³/mol. The highest BCUT2D eigenvalue weighted by molar-refractivity contribution is 6.32. The fourth-order valence-corrected chi connectivity index (χ4v) is 1.90. The van der Waals surface area contributed by atoms with Crippen LogP contribution in [0.25, 0.3) is 0 Å². The molecule has 0 radical (unpaired) electrons. The Morgan fingerprint density at radius 1 is 1.53 bits per heavy atom. The Bertz CT molecular complexity index is 610. The van der Waals surface area contributed by atoms with Gasteiger partial charge in [-0.3, -0.25) is 9.48 Å². The summed E-state index contributed by atoms with van der Waals surface area (Å²) >= 11 is 5.91. The molecule has 6 nitrogen and oxygen atoms in total. The van der Waals surface area contributed by atoms with Crippen molar-refractivity contribution in [2.24, 2.45) is 7.05 Å². The highest BCUT2D eigenvalue weighted by Gasteiger charge is 2.17. The first-order valence-corrected chi connectivity index (χ1v) is 5.99. The SMILES string of the molecule is CN(Cc1cnn(C)c1)C(=O)c1cc(N)cnc1Cl. The number of halogens is 1. The summed E-state index contributed by atoms with van der Waals surface area (Å²) in [6.45, 7) is 0.442. The third-order valence-corrected chi connectivity index (χ3v) is 2.92. The summed E-state index contributed by atoms with van der Waals surface area (Å²) in [5.74, 6) is -0.228. The zero-order valence-electron chi connectivity index (χ0n) is 10.7. The van der Waals surface area contributed by atoms with Gasteiger partial charge in [0.1, 0.15) is 5.15 Å². The molecule has 100 valence electrons. The predicted octanol–water partition coefficient (Wildman–Crippen LogP) is 1.32. The molecule has 19 heavy (non-hydrogen) atoms. The Hall–Kier alpha value is -2.08. The molecule has 0 aliphatic rings. The summed E-state index contributed by atoms with van der Waals surface area (Å²) in [6, 6.07) is 1.53. The minimum Gasteiger partial charge on any atom is -0.397 e. The van der Waals surface area contributed by atoms with Crippen LogP contribution in [0.15, 0.2) is 24.7 Å². The van der Waals surface area contributed by atoms with Crippen molar-refractivity contribution in [3.8, 4) is 0 Å². The minimum atomic E-state index is -0.228. The van der Waals surface area contributed by atoms with Crippen LogP contribution in [0.4, 0.5) is 5.69 Å². The van der Waals surface area contributed by atoms with Crippen molar-refractivity contribution in [3.63, 3.8) is 0 Å². The van der Waals surface area contributed by atoms with Crippen molar-refractivity contribution in [2.75, 3.05) is 12.8 Å². The van der Waals surface area contributed by atoms with Crippen LogP contribution < -0.4 is 5.73 Å². The van der Waals surface area contributed by atoms with Crippen molar-refractivity contribution in [1.29, 1.82) is 0 Å². The van der Waals surface area contributed by atoms with Crippen molar-refractivity contribution in [3.05, 3.63) is 40.9 Å². The first-order valence-electron chi connectivity index (χ1n) is 5.61. The lowest BCUT2D eigenvalue weighted by Crippen LogP contribution is -2.26. The molecule has 2 aromatic rings. The van der Waals surface area contributed by atoms with E-state index in [0.29, 0.717) is 17.8 Å². The number of aryl methyl sites for hydroxylation is 1. The normalized spacial score (nSPS) is 10.5. The highest BCUT2D eigenvalue weighted by Crippen LogP contribution is 2.18. The number of aromatic nitrogens is 3. The van der Waals surface area contributed by atoms with E-state index in [1.807, 2.05) is 13.2 Å². The van der Waals surface area contributed by atoms with Crippen LogP contribution in [0.5, 0.6) is 0 Å². The molecule has 2 N–H and O–H groups in total. The van der Waals surface area contributed by atoms with E-state index in [4.69, 9.17) is 17.3 Å². The zero-order valence-corrected chi connectivity index (χ0v) is 11.4. The first-order chi connectivity index (χ1) is 8.97. The summed E-state index contributed by atoms with van der Waals surface area (Å²) in [7, 11) is 3.51. The maximum atomic E-state index is 12.2. The summed E-state index contributed by atoms with van der Waals surface area (Å²) in [4.78, 5) is 17.7. The van der Waals surface area contributed by atoms with Crippen molar-refractivity contribution in [2.45, 2.75) is 6.54 Å². The van der Waals surface area contributed by atoms with Crippen molar-refractivity contribution < 1.29 is 4.79 Å². The third-order valence-electron chi connectivity index (χ3n) is 2.62. The molecule has 0 saturated carbocycles. The van der Waals surface area contributed by atoms with Crippen LogP contribution in [0, 0.1) is 0 Å². The van der Waals surface area contributed by atoms with Gasteiger partial charge < -0.3 is 10.6 Å². The monoisotopic (exact) mass is 279 g/mol. The van der Waals surface area contributed by atoms with Gasteiger partial charge in [0, 0.05) is 32.4 Å². The van der Waals surface area contributed by atoms with Crippen LogP contribution in [0.3, 0.4) is 0 Å². The van der Waals surface area contributed by atoms with Gasteiger partial charge in [0.05, 0.1) is 23.6 Å². The largest absolute Gasteiger partial charge is 0.397 e. The van der Waals surface area contributed by atoms with Crippen LogP contribution in [0.2, 0.25) is 5.15 Å². The molecule has 2 heterocycles. The first kappa shape index (κ1) is 13.4. The summed E-state index contributed by atoms with van der Waals surface area (Å²) in [6.07, 6.45) is 4.98. The lowest BCUT2D eigenvalue weighted by atomic mass is 10.2. The van der Waals surface area contributed by atoms with Gasteiger partial charge >= 0.3 is 0 Å². The number of hydrogen-bond acceptors (Lipinski definition) is 4. The molecular formula is C12H14ClN5O. The molecular weight excluding hydrogens is 266 g/mol. The minimum absolute atomic E-state index is 0.150. The molecule has 1 amide bonds. The van der Waals surface area contributed by atoms with Gasteiger partial charge in [-0.2, -0.15) is 5.10 Å². The molecule has 0 aliphatic carbocycles. The second-order valence-electron chi connectivity index (χ2n) is 4.29. The lowest BCUT2D eigenvalue weighted by Gasteiger charge is -2.16. The van der Waals surface area contributed by atoms with Crippen LogP contribution >= 0.6 is 11.6 Å². The Morgan fingerprint density at radius 3 is 2.89 bits per heavy atom. The number of anilines is 1. The topological polar surface area (TPSA) is 77.0 Å². The Balaban J connectivity index is 2.16. The number of hydrogen-bond donors (Lipinski definition) is 1. The summed E-state index contributed by atoms with van der Waals surface area (Å²) < 4.78 is 1.68. The maximum Gasteiger partial charge on any atom is 0.257 e. The van der Waals surface area contributed by atoms with Gasteiger partial charge in [-0.05, 0) is 6.07 Å². The van der Waals surface area contributed by atoms with E-state index in [0.717, 1.165) is 5.56 Å². The number of amides is 1. The van der Waals surface area contributed by atoms with E-state index < -0.39 is 0 Å². The van der Waals surface area contributed by atoms with E-state index >= 15 is 0 Å². The smallest absolute Gasteiger partial charge is 0.257 e. The van der Waals surface area contributed by atoms with E-state index in [2.05, 4.69) is 10.1 Å². The third kappa shape index (κ3) is 3.03. The van der Waals surface area contributed by atoms with Crippen LogP contribution in [0.1, 0.15) is 15.9 Å². The standard InChI is InChI=1S/C12H14ClN5O/c1-17(6-8-4-16-18(2)7-8)12(19)10-3-9(14)5-15-11(10)13/h3-5,7H,6,14H2,1-2H3. The molecule has 0 aliphatic heterocycles. The van der Waals surface area contributed by atoms with Gasteiger partial charge in [-0.15, -0.1) is 0 Å². The Morgan fingerprint density at radius 2 is 2.26 bits per heavy atom. The molecule has 0 saturated heterocycles. The molecule has 0 spiro atoms.